The molecule has 1 aliphatic rings. The summed E-state index contributed by atoms with van der Waals surface area (Å²) in [5.74, 6) is -0.597. The van der Waals surface area contributed by atoms with Gasteiger partial charge in [-0.25, -0.2) is 4.90 Å². The van der Waals surface area contributed by atoms with Gasteiger partial charge >= 0.3 is 0 Å². The smallest absolute Gasteiger partial charge is 0.282 e. The van der Waals surface area contributed by atoms with Crippen molar-refractivity contribution in [1.29, 1.82) is 0 Å². The Morgan fingerprint density at radius 3 is 2.28 bits per heavy atom. The van der Waals surface area contributed by atoms with Gasteiger partial charge in [-0.1, -0.05) is 18.2 Å². The lowest BCUT2D eigenvalue weighted by Gasteiger charge is -2.26. The second kappa shape index (κ2) is 9.35. The quantitative estimate of drug-likeness (QED) is 0.590. The number of imide groups is 1. The van der Waals surface area contributed by atoms with E-state index in [0.29, 0.717) is 43.3 Å². The molecule has 2 heterocycles. The summed E-state index contributed by atoms with van der Waals surface area (Å²) in [4.78, 5) is 31.1. The summed E-state index contributed by atoms with van der Waals surface area (Å²) in [7, 11) is 3.24. The standard InChI is InChI=1S/C22H26N2O4S/c1-15-7-8-16(2)17(14-15)24-21(25)19(18-6-5-13-29-18)20(22(24)26)23(9-11-27-3)10-12-28-4/h5-8,13-14H,9-12H2,1-4H3. The topological polar surface area (TPSA) is 59.1 Å². The first kappa shape index (κ1) is 21.2. The third-order valence-corrected chi connectivity index (χ3v) is 5.77. The lowest BCUT2D eigenvalue weighted by Crippen LogP contribution is -2.38. The van der Waals surface area contributed by atoms with Crippen LogP contribution in [0.15, 0.2) is 41.4 Å². The number of rotatable bonds is 9. The predicted octanol–water partition coefficient (Wildman–Crippen LogP) is 3.24. The fourth-order valence-corrected chi connectivity index (χ4v) is 4.13. The number of anilines is 1. The minimum absolute atomic E-state index is 0.291. The average Bonchev–Trinajstić information content (AvgIpc) is 3.31. The molecule has 7 heteroatoms. The van der Waals surface area contributed by atoms with Crippen LogP contribution in [0.5, 0.6) is 0 Å². The van der Waals surface area contributed by atoms with E-state index >= 15 is 0 Å². The van der Waals surface area contributed by atoms with E-state index in [9.17, 15) is 9.59 Å². The molecule has 0 fully saturated rings. The molecule has 0 N–H and O–H groups in total. The molecule has 154 valence electrons. The van der Waals surface area contributed by atoms with Crippen LogP contribution in [0.1, 0.15) is 16.0 Å². The summed E-state index contributed by atoms with van der Waals surface area (Å²) < 4.78 is 10.5. The van der Waals surface area contributed by atoms with Gasteiger partial charge in [0.1, 0.15) is 5.70 Å². The van der Waals surface area contributed by atoms with Gasteiger partial charge in [-0.15, -0.1) is 11.3 Å². The van der Waals surface area contributed by atoms with Crippen molar-refractivity contribution in [3.05, 3.63) is 57.4 Å². The first-order valence-electron chi connectivity index (χ1n) is 9.46. The Morgan fingerprint density at radius 2 is 1.69 bits per heavy atom. The molecule has 0 aliphatic carbocycles. The second-order valence-corrected chi connectivity index (χ2v) is 7.86. The van der Waals surface area contributed by atoms with E-state index in [1.807, 2.05) is 54.5 Å². The van der Waals surface area contributed by atoms with Crippen molar-refractivity contribution in [2.24, 2.45) is 0 Å². The van der Waals surface area contributed by atoms with Crippen molar-refractivity contribution in [2.75, 3.05) is 45.4 Å². The van der Waals surface area contributed by atoms with Crippen LogP contribution in [0.4, 0.5) is 5.69 Å². The molecule has 1 aliphatic heterocycles. The summed E-state index contributed by atoms with van der Waals surface area (Å²) in [5.41, 5.74) is 3.35. The van der Waals surface area contributed by atoms with E-state index < -0.39 is 0 Å². The van der Waals surface area contributed by atoms with Crippen molar-refractivity contribution in [2.45, 2.75) is 13.8 Å². The molecule has 1 aromatic heterocycles. The number of amides is 2. The normalized spacial score (nSPS) is 14.3. The maximum absolute atomic E-state index is 13.6. The van der Waals surface area contributed by atoms with E-state index in [4.69, 9.17) is 9.47 Å². The second-order valence-electron chi connectivity index (χ2n) is 6.91. The number of benzene rings is 1. The monoisotopic (exact) mass is 414 g/mol. The third-order valence-electron chi connectivity index (χ3n) is 4.88. The van der Waals surface area contributed by atoms with Crippen molar-refractivity contribution in [1.82, 2.24) is 4.90 Å². The highest BCUT2D eigenvalue weighted by atomic mass is 32.1. The van der Waals surface area contributed by atoms with Crippen LogP contribution in [0.25, 0.3) is 5.57 Å². The van der Waals surface area contributed by atoms with Crippen LogP contribution in [0, 0.1) is 13.8 Å². The van der Waals surface area contributed by atoms with Gasteiger partial charge < -0.3 is 14.4 Å². The van der Waals surface area contributed by atoms with Gasteiger partial charge in [0, 0.05) is 32.2 Å². The average molecular weight is 415 g/mol. The van der Waals surface area contributed by atoms with Gasteiger partial charge in [0.05, 0.1) is 24.5 Å². The Labute approximate surface area is 175 Å². The molecule has 0 radical (unpaired) electrons. The molecular formula is C22H26N2O4S. The molecule has 1 aromatic carbocycles. The number of methoxy groups -OCH3 is 2. The maximum Gasteiger partial charge on any atom is 0.282 e. The number of hydrogen-bond acceptors (Lipinski definition) is 6. The number of nitrogens with zero attached hydrogens (tertiary/aromatic N) is 2. The van der Waals surface area contributed by atoms with Crippen molar-refractivity contribution >= 4 is 34.4 Å². The van der Waals surface area contributed by atoms with E-state index in [1.54, 1.807) is 14.2 Å². The van der Waals surface area contributed by atoms with Gasteiger partial charge in [0.15, 0.2) is 0 Å². The van der Waals surface area contributed by atoms with Crippen LogP contribution in [-0.2, 0) is 19.1 Å². The van der Waals surface area contributed by atoms with E-state index in [1.165, 1.54) is 16.2 Å². The van der Waals surface area contributed by atoms with Crippen molar-refractivity contribution in [3.63, 3.8) is 0 Å². The number of aryl methyl sites for hydroxylation is 2. The Morgan fingerprint density at radius 1 is 1.00 bits per heavy atom. The fraction of sp³-hybridized carbons (Fsp3) is 0.364. The molecule has 2 amide bonds. The Hall–Kier alpha value is -2.48. The van der Waals surface area contributed by atoms with Crippen molar-refractivity contribution in [3.8, 4) is 0 Å². The zero-order chi connectivity index (χ0) is 21.0. The van der Waals surface area contributed by atoms with Crippen LogP contribution in [0.2, 0.25) is 0 Å². The first-order valence-corrected chi connectivity index (χ1v) is 10.3. The van der Waals surface area contributed by atoms with Gasteiger partial charge in [0.25, 0.3) is 11.8 Å². The molecule has 0 saturated carbocycles. The van der Waals surface area contributed by atoms with Gasteiger partial charge in [-0.05, 0) is 42.5 Å². The van der Waals surface area contributed by atoms with Crippen LogP contribution in [0.3, 0.4) is 0 Å². The van der Waals surface area contributed by atoms with Crippen LogP contribution >= 0.6 is 11.3 Å². The van der Waals surface area contributed by atoms with E-state index in [0.717, 1.165) is 16.0 Å². The van der Waals surface area contributed by atoms with E-state index in [-0.39, 0.29) is 11.8 Å². The molecule has 0 atom stereocenters. The maximum atomic E-state index is 13.6. The third kappa shape index (κ3) is 4.27. The zero-order valence-corrected chi connectivity index (χ0v) is 18.0. The highest BCUT2D eigenvalue weighted by molar-refractivity contribution is 7.11. The van der Waals surface area contributed by atoms with Crippen LogP contribution < -0.4 is 4.90 Å². The van der Waals surface area contributed by atoms with Crippen LogP contribution in [-0.4, -0.2) is 57.2 Å². The molecule has 6 nitrogen and oxygen atoms in total. The molecule has 0 unspecified atom stereocenters. The minimum Gasteiger partial charge on any atom is -0.383 e. The predicted molar refractivity (Wildman–Crippen MR) is 115 cm³/mol. The van der Waals surface area contributed by atoms with E-state index in [2.05, 4.69) is 0 Å². The number of carbonyl (C=O) groups excluding carboxylic acids is 2. The lowest BCUT2D eigenvalue weighted by molar-refractivity contribution is -0.120. The van der Waals surface area contributed by atoms with Gasteiger partial charge in [-0.3, -0.25) is 9.59 Å². The molecule has 0 spiro atoms. The van der Waals surface area contributed by atoms with Gasteiger partial charge in [-0.2, -0.15) is 0 Å². The zero-order valence-electron chi connectivity index (χ0n) is 17.2. The highest BCUT2D eigenvalue weighted by Crippen LogP contribution is 2.37. The summed E-state index contributed by atoms with van der Waals surface area (Å²) in [5, 5.41) is 1.91. The largest absolute Gasteiger partial charge is 0.383 e. The summed E-state index contributed by atoms with van der Waals surface area (Å²) in [6, 6.07) is 9.55. The molecule has 3 rings (SSSR count). The summed E-state index contributed by atoms with van der Waals surface area (Å²) in [6.45, 7) is 5.72. The molecular weight excluding hydrogens is 388 g/mol. The Bertz CT molecular complexity index is 913. The molecule has 2 aromatic rings. The number of hydrogen-bond donors (Lipinski definition) is 0. The Kier molecular flexibility index (Phi) is 6.84. The fourth-order valence-electron chi connectivity index (χ4n) is 3.37. The first-order chi connectivity index (χ1) is 14.0. The minimum atomic E-state index is -0.306. The number of ether oxygens (including phenoxy) is 2. The summed E-state index contributed by atoms with van der Waals surface area (Å²) >= 11 is 1.45. The molecule has 29 heavy (non-hydrogen) atoms. The van der Waals surface area contributed by atoms with Crippen molar-refractivity contribution < 1.29 is 19.1 Å². The lowest BCUT2D eigenvalue weighted by atomic mass is 10.1. The molecule has 0 bridgehead atoms. The molecule has 0 saturated heterocycles. The number of thiophene rings is 1. The summed E-state index contributed by atoms with van der Waals surface area (Å²) in [6.07, 6.45) is 0. The Balaban J connectivity index is 2.11. The highest BCUT2D eigenvalue weighted by Gasteiger charge is 2.43. The number of carbonyl (C=O) groups is 2. The SMILES string of the molecule is COCCN(CCOC)C1=C(c2cccs2)C(=O)N(c2cc(C)ccc2C)C1=O. The van der Waals surface area contributed by atoms with Gasteiger partial charge in [0.2, 0.25) is 0 Å².